The van der Waals surface area contributed by atoms with Crippen molar-refractivity contribution in [1.29, 1.82) is 0 Å². The van der Waals surface area contributed by atoms with Crippen molar-refractivity contribution in [3.63, 3.8) is 0 Å². The lowest BCUT2D eigenvalue weighted by Gasteiger charge is -2.12. The molecule has 1 heterocycles. The molecule has 0 bridgehead atoms. The number of aromatic nitrogens is 1. The number of likely N-dealkylation sites (N-methyl/N-ethyl adjacent to an activating group) is 1. The third-order valence-electron chi connectivity index (χ3n) is 1.78. The standard InChI is InChI=1S/C11H17N3/c1-10(9-14(2)3)13-8-11-6-4-5-7-12-11/h4-8,10H,9H2,1-3H3. The molecule has 0 saturated heterocycles. The summed E-state index contributed by atoms with van der Waals surface area (Å²) in [5, 5.41) is 0. The lowest BCUT2D eigenvalue weighted by molar-refractivity contribution is 0.384. The quantitative estimate of drug-likeness (QED) is 0.674. The number of nitrogens with zero attached hydrogens (tertiary/aromatic N) is 3. The highest BCUT2D eigenvalue weighted by atomic mass is 15.1. The van der Waals surface area contributed by atoms with Gasteiger partial charge in [-0.25, -0.2) is 0 Å². The van der Waals surface area contributed by atoms with Gasteiger partial charge in [0.05, 0.1) is 11.7 Å². The van der Waals surface area contributed by atoms with Crippen LogP contribution in [0.1, 0.15) is 12.6 Å². The van der Waals surface area contributed by atoms with Crippen LogP contribution in [0.3, 0.4) is 0 Å². The smallest absolute Gasteiger partial charge is 0.0807 e. The van der Waals surface area contributed by atoms with Gasteiger partial charge < -0.3 is 4.90 Å². The summed E-state index contributed by atoms with van der Waals surface area (Å²) >= 11 is 0. The van der Waals surface area contributed by atoms with Gasteiger partial charge >= 0.3 is 0 Å². The molecule has 76 valence electrons. The summed E-state index contributed by atoms with van der Waals surface area (Å²) in [5.74, 6) is 0. The summed E-state index contributed by atoms with van der Waals surface area (Å²) in [6.45, 7) is 3.06. The molecule has 0 fully saturated rings. The zero-order valence-electron chi connectivity index (χ0n) is 9.01. The summed E-state index contributed by atoms with van der Waals surface area (Å²) in [6.07, 6.45) is 3.60. The first kappa shape index (κ1) is 10.9. The number of pyridine rings is 1. The summed E-state index contributed by atoms with van der Waals surface area (Å²) < 4.78 is 0. The maximum absolute atomic E-state index is 4.41. The van der Waals surface area contributed by atoms with Gasteiger partial charge in [-0.3, -0.25) is 9.98 Å². The third kappa shape index (κ3) is 4.14. The zero-order valence-corrected chi connectivity index (χ0v) is 9.01. The van der Waals surface area contributed by atoms with E-state index in [4.69, 9.17) is 0 Å². The minimum atomic E-state index is 0.312. The summed E-state index contributed by atoms with van der Waals surface area (Å²) in [7, 11) is 4.10. The van der Waals surface area contributed by atoms with Crippen molar-refractivity contribution in [3.8, 4) is 0 Å². The van der Waals surface area contributed by atoms with E-state index >= 15 is 0 Å². The van der Waals surface area contributed by atoms with Gasteiger partial charge in [-0.05, 0) is 33.2 Å². The number of hydrogen-bond donors (Lipinski definition) is 0. The van der Waals surface area contributed by atoms with E-state index < -0.39 is 0 Å². The largest absolute Gasteiger partial charge is 0.307 e. The third-order valence-corrected chi connectivity index (χ3v) is 1.78. The molecule has 0 spiro atoms. The molecule has 1 rings (SSSR count). The first-order valence-corrected chi connectivity index (χ1v) is 4.77. The van der Waals surface area contributed by atoms with Crippen LogP contribution in [0, 0.1) is 0 Å². The average molecular weight is 191 g/mol. The SMILES string of the molecule is CC(CN(C)C)N=Cc1ccccn1. The van der Waals surface area contributed by atoms with E-state index in [1.807, 2.05) is 38.5 Å². The van der Waals surface area contributed by atoms with Crippen LogP contribution in [0.25, 0.3) is 0 Å². The Bertz CT molecular complexity index is 280. The maximum atomic E-state index is 4.41. The molecule has 3 nitrogen and oxygen atoms in total. The van der Waals surface area contributed by atoms with Crippen molar-refractivity contribution in [3.05, 3.63) is 30.1 Å². The van der Waals surface area contributed by atoms with Crippen LogP contribution < -0.4 is 0 Å². The Morgan fingerprint density at radius 1 is 1.50 bits per heavy atom. The predicted molar refractivity (Wildman–Crippen MR) is 59.8 cm³/mol. The fraction of sp³-hybridized carbons (Fsp3) is 0.455. The fourth-order valence-corrected chi connectivity index (χ4v) is 1.23. The monoisotopic (exact) mass is 191 g/mol. The Morgan fingerprint density at radius 2 is 2.29 bits per heavy atom. The predicted octanol–water partition coefficient (Wildman–Crippen LogP) is 1.45. The Hall–Kier alpha value is -1.22. The second-order valence-electron chi connectivity index (χ2n) is 3.64. The number of hydrogen-bond acceptors (Lipinski definition) is 3. The summed E-state index contributed by atoms with van der Waals surface area (Å²) in [4.78, 5) is 10.7. The first-order valence-electron chi connectivity index (χ1n) is 4.77. The van der Waals surface area contributed by atoms with Gasteiger partial charge in [0, 0.05) is 19.0 Å². The molecule has 0 saturated carbocycles. The van der Waals surface area contributed by atoms with Gasteiger partial charge in [-0.1, -0.05) is 6.07 Å². The molecule has 0 amide bonds. The van der Waals surface area contributed by atoms with E-state index in [0.29, 0.717) is 6.04 Å². The summed E-state index contributed by atoms with van der Waals surface area (Å²) in [6, 6.07) is 6.13. The molecule has 0 aliphatic rings. The highest BCUT2D eigenvalue weighted by Crippen LogP contribution is 1.93. The van der Waals surface area contributed by atoms with Gasteiger partial charge in [0.1, 0.15) is 0 Å². The molecular weight excluding hydrogens is 174 g/mol. The minimum Gasteiger partial charge on any atom is -0.307 e. The Morgan fingerprint density at radius 3 is 2.86 bits per heavy atom. The Kier molecular flexibility index (Phi) is 4.26. The Labute approximate surface area is 85.5 Å². The van der Waals surface area contributed by atoms with E-state index in [-0.39, 0.29) is 0 Å². The molecular formula is C11H17N3. The van der Waals surface area contributed by atoms with Crippen LogP contribution in [0.5, 0.6) is 0 Å². The molecule has 0 radical (unpaired) electrons. The van der Waals surface area contributed by atoms with E-state index in [1.54, 1.807) is 6.20 Å². The van der Waals surface area contributed by atoms with E-state index in [1.165, 1.54) is 0 Å². The first-order chi connectivity index (χ1) is 6.68. The van der Waals surface area contributed by atoms with Crippen LogP contribution in [-0.2, 0) is 0 Å². The van der Waals surface area contributed by atoms with Crippen molar-refractivity contribution in [1.82, 2.24) is 9.88 Å². The molecule has 1 atom stereocenters. The van der Waals surface area contributed by atoms with E-state index in [0.717, 1.165) is 12.2 Å². The van der Waals surface area contributed by atoms with Crippen LogP contribution in [-0.4, -0.2) is 42.8 Å². The van der Waals surface area contributed by atoms with E-state index in [9.17, 15) is 0 Å². The molecule has 1 aromatic rings. The molecule has 0 N–H and O–H groups in total. The fourth-order valence-electron chi connectivity index (χ4n) is 1.23. The Balaban J connectivity index is 2.48. The van der Waals surface area contributed by atoms with Crippen LogP contribution in [0.15, 0.2) is 29.4 Å². The van der Waals surface area contributed by atoms with Crippen molar-refractivity contribution < 1.29 is 0 Å². The van der Waals surface area contributed by atoms with Crippen molar-refractivity contribution in [2.45, 2.75) is 13.0 Å². The van der Waals surface area contributed by atoms with Gasteiger partial charge in [0.25, 0.3) is 0 Å². The van der Waals surface area contributed by atoms with Crippen molar-refractivity contribution in [2.75, 3.05) is 20.6 Å². The molecule has 1 aromatic heterocycles. The van der Waals surface area contributed by atoms with Gasteiger partial charge in [-0.15, -0.1) is 0 Å². The number of aliphatic imine (C=N–C) groups is 1. The lowest BCUT2D eigenvalue weighted by Crippen LogP contribution is -2.22. The van der Waals surface area contributed by atoms with Crippen LogP contribution in [0.4, 0.5) is 0 Å². The second kappa shape index (κ2) is 5.50. The van der Waals surface area contributed by atoms with Gasteiger partial charge in [0.15, 0.2) is 0 Å². The van der Waals surface area contributed by atoms with Gasteiger partial charge in [-0.2, -0.15) is 0 Å². The molecule has 0 aliphatic heterocycles. The van der Waals surface area contributed by atoms with E-state index in [2.05, 4.69) is 21.8 Å². The highest BCUT2D eigenvalue weighted by Gasteiger charge is 1.98. The highest BCUT2D eigenvalue weighted by molar-refractivity contribution is 5.76. The molecule has 3 heteroatoms. The average Bonchev–Trinajstić information content (AvgIpc) is 2.15. The molecule has 0 aliphatic carbocycles. The van der Waals surface area contributed by atoms with Crippen molar-refractivity contribution >= 4 is 6.21 Å². The zero-order chi connectivity index (χ0) is 10.4. The van der Waals surface area contributed by atoms with Crippen molar-refractivity contribution in [2.24, 2.45) is 4.99 Å². The van der Waals surface area contributed by atoms with Gasteiger partial charge in [0.2, 0.25) is 0 Å². The maximum Gasteiger partial charge on any atom is 0.0807 e. The normalized spacial score (nSPS) is 13.7. The molecule has 0 aromatic carbocycles. The number of rotatable bonds is 4. The second-order valence-corrected chi connectivity index (χ2v) is 3.64. The molecule has 14 heavy (non-hydrogen) atoms. The topological polar surface area (TPSA) is 28.5 Å². The van der Waals surface area contributed by atoms with Crippen LogP contribution >= 0.6 is 0 Å². The minimum absolute atomic E-state index is 0.312. The molecule has 1 unspecified atom stereocenters. The lowest BCUT2D eigenvalue weighted by atomic mass is 10.3. The van der Waals surface area contributed by atoms with Crippen LogP contribution in [0.2, 0.25) is 0 Å². The summed E-state index contributed by atoms with van der Waals surface area (Å²) in [5.41, 5.74) is 0.915.